The van der Waals surface area contributed by atoms with Crippen LogP contribution >= 0.6 is 22.6 Å². The predicted octanol–water partition coefficient (Wildman–Crippen LogP) is 1.80. The van der Waals surface area contributed by atoms with Crippen LogP contribution < -0.4 is 5.32 Å². The number of halogens is 1. The molecule has 1 unspecified atom stereocenters. The fourth-order valence-corrected chi connectivity index (χ4v) is 1.88. The van der Waals surface area contributed by atoms with Crippen molar-refractivity contribution < 1.29 is 9.53 Å². The maximum absolute atomic E-state index is 11.1. The second kappa shape index (κ2) is 7.62. The van der Waals surface area contributed by atoms with Gasteiger partial charge < -0.3 is 10.1 Å². The van der Waals surface area contributed by atoms with Crippen LogP contribution in [0.25, 0.3) is 0 Å². The van der Waals surface area contributed by atoms with Crippen LogP contribution in [0.1, 0.15) is 5.56 Å². The van der Waals surface area contributed by atoms with E-state index in [9.17, 15) is 4.79 Å². The average molecular weight is 333 g/mol. The molecule has 0 saturated carbocycles. The van der Waals surface area contributed by atoms with Crippen molar-refractivity contribution in [2.24, 2.45) is 0 Å². The van der Waals surface area contributed by atoms with Gasteiger partial charge in [-0.1, -0.05) is 52.9 Å². The Morgan fingerprint density at radius 3 is 2.75 bits per heavy atom. The number of alkyl halides is 1. The van der Waals surface area contributed by atoms with Crippen LogP contribution in [-0.2, 0) is 16.0 Å². The van der Waals surface area contributed by atoms with E-state index in [0.29, 0.717) is 6.54 Å². The molecule has 0 aromatic heterocycles. The van der Waals surface area contributed by atoms with Crippen molar-refractivity contribution in [2.45, 2.75) is 10.3 Å². The first-order chi connectivity index (χ1) is 7.74. The van der Waals surface area contributed by atoms with Gasteiger partial charge in [-0.3, -0.25) is 4.79 Å². The van der Waals surface area contributed by atoms with Crippen LogP contribution in [0.3, 0.4) is 0 Å². The number of carbonyl (C=O) groups excluding carboxylic acids is 1. The Bertz CT molecular complexity index is 316. The third-order valence-electron chi connectivity index (χ3n) is 2.21. The lowest BCUT2D eigenvalue weighted by molar-refractivity contribution is -0.139. The summed E-state index contributed by atoms with van der Waals surface area (Å²) in [6.45, 7) is 1.53. The molecule has 1 atom stereocenters. The molecule has 0 radical (unpaired) electrons. The van der Waals surface area contributed by atoms with E-state index in [-0.39, 0.29) is 9.89 Å². The van der Waals surface area contributed by atoms with E-state index in [2.05, 4.69) is 44.8 Å². The van der Waals surface area contributed by atoms with Gasteiger partial charge in [0.25, 0.3) is 0 Å². The van der Waals surface area contributed by atoms with Crippen LogP contribution in [0.15, 0.2) is 30.3 Å². The standard InChI is InChI=1S/C12H16INO2/c1-16-12(15)11(13)9-14-8-7-10-5-3-2-4-6-10/h2-6,11,14H,7-9H2,1H3. The van der Waals surface area contributed by atoms with E-state index >= 15 is 0 Å². The molecule has 0 spiro atoms. The first-order valence-electron chi connectivity index (χ1n) is 5.20. The summed E-state index contributed by atoms with van der Waals surface area (Å²) in [6, 6.07) is 10.3. The van der Waals surface area contributed by atoms with E-state index in [0.717, 1.165) is 13.0 Å². The highest BCUT2D eigenvalue weighted by Gasteiger charge is 2.13. The van der Waals surface area contributed by atoms with E-state index < -0.39 is 0 Å². The van der Waals surface area contributed by atoms with Crippen molar-refractivity contribution in [2.75, 3.05) is 20.2 Å². The Hall–Kier alpha value is -0.620. The second-order valence-electron chi connectivity index (χ2n) is 3.43. The summed E-state index contributed by atoms with van der Waals surface area (Å²) >= 11 is 2.08. The molecule has 1 N–H and O–H groups in total. The maximum Gasteiger partial charge on any atom is 0.319 e. The number of esters is 1. The lowest BCUT2D eigenvalue weighted by Gasteiger charge is -2.08. The Labute approximate surface area is 110 Å². The first kappa shape index (κ1) is 13.4. The Morgan fingerprint density at radius 2 is 2.12 bits per heavy atom. The van der Waals surface area contributed by atoms with Gasteiger partial charge in [0.1, 0.15) is 3.92 Å². The van der Waals surface area contributed by atoms with Crippen LogP contribution in [0, 0.1) is 0 Å². The minimum atomic E-state index is -0.173. The molecule has 16 heavy (non-hydrogen) atoms. The van der Waals surface area contributed by atoms with Gasteiger partial charge in [-0.2, -0.15) is 0 Å². The molecule has 0 heterocycles. The second-order valence-corrected chi connectivity index (χ2v) is 4.93. The zero-order chi connectivity index (χ0) is 11.8. The molecule has 3 nitrogen and oxygen atoms in total. The van der Waals surface area contributed by atoms with E-state index in [1.165, 1.54) is 12.7 Å². The van der Waals surface area contributed by atoms with Crippen LogP contribution in [0.5, 0.6) is 0 Å². The zero-order valence-corrected chi connectivity index (χ0v) is 11.4. The number of rotatable bonds is 6. The number of nitrogens with one attached hydrogen (secondary N) is 1. The molecule has 0 aliphatic carbocycles. The molecule has 0 fully saturated rings. The van der Waals surface area contributed by atoms with Crippen molar-refractivity contribution in [1.82, 2.24) is 5.32 Å². The average Bonchev–Trinajstić information content (AvgIpc) is 2.34. The molecular weight excluding hydrogens is 317 g/mol. The highest BCUT2D eigenvalue weighted by atomic mass is 127. The predicted molar refractivity (Wildman–Crippen MR) is 72.8 cm³/mol. The monoisotopic (exact) mass is 333 g/mol. The molecule has 1 aromatic rings. The Kier molecular flexibility index (Phi) is 6.40. The molecule has 0 bridgehead atoms. The van der Waals surface area contributed by atoms with E-state index in [1.807, 2.05) is 18.2 Å². The summed E-state index contributed by atoms with van der Waals surface area (Å²) in [7, 11) is 1.41. The molecule has 1 rings (SSSR count). The number of methoxy groups -OCH3 is 1. The van der Waals surface area contributed by atoms with E-state index in [1.54, 1.807) is 0 Å². The number of benzene rings is 1. The van der Waals surface area contributed by atoms with Gasteiger partial charge >= 0.3 is 5.97 Å². The molecular formula is C12H16INO2. The summed E-state index contributed by atoms with van der Waals surface area (Å²) in [5, 5.41) is 3.24. The summed E-state index contributed by atoms with van der Waals surface area (Å²) in [4.78, 5) is 11.1. The minimum absolute atomic E-state index is 0.113. The van der Waals surface area contributed by atoms with Gasteiger partial charge in [-0.05, 0) is 18.5 Å². The van der Waals surface area contributed by atoms with Gasteiger partial charge in [0.2, 0.25) is 0 Å². The third-order valence-corrected chi connectivity index (χ3v) is 3.16. The van der Waals surface area contributed by atoms with Crippen molar-refractivity contribution in [3.8, 4) is 0 Å². The number of hydrogen-bond acceptors (Lipinski definition) is 3. The molecule has 0 saturated heterocycles. The number of ether oxygens (including phenoxy) is 1. The maximum atomic E-state index is 11.1. The van der Waals surface area contributed by atoms with Gasteiger partial charge in [0.15, 0.2) is 0 Å². The van der Waals surface area contributed by atoms with E-state index in [4.69, 9.17) is 0 Å². The number of carbonyl (C=O) groups is 1. The fraction of sp³-hybridized carbons (Fsp3) is 0.417. The van der Waals surface area contributed by atoms with Crippen LogP contribution in [0.4, 0.5) is 0 Å². The molecule has 0 aliphatic heterocycles. The van der Waals surface area contributed by atoms with Gasteiger partial charge in [0, 0.05) is 6.54 Å². The highest BCUT2D eigenvalue weighted by molar-refractivity contribution is 14.1. The Balaban J connectivity index is 2.15. The normalized spacial score (nSPS) is 12.1. The smallest absolute Gasteiger partial charge is 0.319 e. The molecule has 0 aliphatic rings. The minimum Gasteiger partial charge on any atom is -0.468 e. The van der Waals surface area contributed by atoms with Crippen molar-refractivity contribution >= 4 is 28.6 Å². The van der Waals surface area contributed by atoms with Gasteiger partial charge in [0.05, 0.1) is 7.11 Å². The topological polar surface area (TPSA) is 38.3 Å². The van der Waals surface area contributed by atoms with Crippen molar-refractivity contribution in [3.63, 3.8) is 0 Å². The third kappa shape index (κ3) is 4.94. The molecule has 1 aromatic carbocycles. The van der Waals surface area contributed by atoms with Crippen LogP contribution in [0.2, 0.25) is 0 Å². The fourth-order valence-electron chi connectivity index (χ4n) is 1.32. The summed E-state index contributed by atoms with van der Waals surface area (Å²) < 4.78 is 4.53. The summed E-state index contributed by atoms with van der Waals surface area (Å²) in [5.74, 6) is -0.173. The lowest BCUT2D eigenvalue weighted by Crippen LogP contribution is -2.30. The SMILES string of the molecule is COC(=O)C(I)CNCCc1ccccc1. The largest absolute Gasteiger partial charge is 0.468 e. The number of hydrogen-bond donors (Lipinski definition) is 1. The summed E-state index contributed by atoms with van der Waals surface area (Å²) in [6.07, 6.45) is 0.978. The summed E-state index contributed by atoms with van der Waals surface area (Å²) in [5.41, 5.74) is 1.30. The quantitative estimate of drug-likeness (QED) is 0.373. The zero-order valence-electron chi connectivity index (χ0n) is 9.28. The van der Waals surface area contributed by atoms with Crippen molar-refractivity contribution in [1.29, 1.82) is 0 Å². The van der Waals surface area contributed by atoms with Crippen molar-refractivity contribution in [3.05, 3.63) is 35.9 Å². The lowest BCUT2D eigenvalue weighted by atomic mass is 10.1. The van der Waals surface area contributed by atoms with Gasteiger partial charge in [-0.25, -0.2) is 0 Å². The Morgan fingerprint density at radius 1 is 1.44 bits per heavy atom. The first-order valence-corrected chi connectivity index (χ1v) is 6.45. The molecule has 4 heteroatoms. The van der Waals surface area contributed by atoms with Gasteiger partial charge in [-0.15, -0.1) is 0 Å². The molecule has 0 amide bonds. The molecule has 88 valence electrons. The highest BCUT2D eigenvalue weighted by Crippen LogP contribution is 2.01. The van der Waals surface area contributed by atoms with Crippen LogP contribution in [-0.4, -0.2) is 30.1 Å².